The number of halogens is 2. The topological polar surface area (TPSA) is 63.3 Å². The molecule has 0 saturated carbocycles. The number of rotatable bonds is 6. The van der Waals surface area contributed by atoms with Gasteiger partial charge in [-0.25, -0.2) is 8.78 Å². The molecule has 0 spiro atoms. The first-order chi connectivity index (χ1) is 8.42. The van der Waals surface area contributed by atoms with Gasteiger partial charge in [0.05, 0.1) is 5.92 Å². The average molecular weight is 257 g/mol. The average Bonchev–Trinajstić information content (AvgIpc) is 2.23. The summed E-state index contributed by atoms with van der Waals surface area (Å²) >= 11 is 0. The van der Waals surface area contributed by atoms with Crippen LogP contribution in [-0.2, 0) is 11.2 Å². The molecule has 100 valence electrons. The van der Waals surface area contributed by atoms with Crippen LogP contribution in [0.3, 0.4) is 0 Å². The van der Waals surface area contributed by atoms with Crippen molar-refractivity contribution in [1.82, 2.24) is 0 Å². The van der Waals surface area contributed by atoms with Crippen molar-refractivity contribution in [3.05, 3.63) is 35.4 Å². The summed E-state index contributed by atoms with van der Waals surface area (Å²) in [6, 6.07) is 3.34. The SMILES string of the molecule is CC(Cc1cc(F)cc(F)c1)CC(CN)C(=O)O. The Balaban J connectivity index is 2.63. The molecule has 0 aromatic heterocycles. The van der Waals surface area contributed by atoms with Gasteiger partial charge in [-0.2, -0.15) is 0 Å². The number of hydrogen-bond donors (Lipinski definition) is 2. The Kier molecular flexibility index (Phi) is 5.22. The summed E-state index contributed by atoms with van der Waals surface area (Å²) in [5.41, 5.74) is 5.89. The Bertz CT molecular complexity index is 403. The summed E-state index contributed by atoms with van der Waals surface area (Å²) in [5.74, 6) is -2.79. The van der Waals surface area contributed by atoms with Gasteiger partial charge in [-0.05, 0) is 36.5 Å². The number of aliphatic carboxylic acids is 1. The zero-order chi connectivity index (χ0) is 13.7. The van der Waals surface area contributed by atoms with Crippen molar-refractivity contribution in [3.63, 3.8) is 0 Å². The molecule has 0 saturated heterocycles. The molecule has 2 atom stereocenters. The highest BCUT2D eigenvalue weighted by Gasteiger charge is 2.19. The maximum absolute atomic E-state index is 13.0. The van der Waals surface area contributed by atoms with Crippen LogP contribution in [0.15, 0.2) is 18.2 Å². The van der Waals surface area contributed by atoms with Crippen molar-refractivity contribution in [3.8, 4) is 0 Å². The lowest BCUT2D eigenvalue weighted by Gasteiger charge is -2.16. The van der Waals surface area contributed by atoms with E-state index in [4.69, 9.17) is 10.8 Å². The molecular weight excluding hydrogens is 240 g/mol. The normalized spacial score (nSPS) is 14.2. The Hall–Kier alpha value is -1.49. The van der Waals surface area contributed by atoms with E-state index in [2.05, 4.69) is 0 Å². The van der Waals surface area contributed by atoms with Gasteiger partial charge in [0.15, 0.2) is 0 Å². The summed E-state index contributed by atoms with van der Waals surface area (Å²) in [6.07, 6.45) is 0.822. The molecule has 0 aliphatic rings. The van der Waals surface area contributed by atoms with Gasteiger partial charge in [-0.3, -0.25) is 4.79 Å². The van der Waals surface area contributed by atoms with Gasteiger partial charge in [0.1, 0.15) is 11.6 Å². The molecule has 0 amide bonds. The van der Waals surface area contributed by atoms with Crippen molar-refractivity contribution in [2.24, 2.45) is 17.6 Å². The van der Waals surface area contributed by atoms with Crippen LogP contribution in [0.1, 0.15) is 18.9 Å². The zero-order valence-corrected chi connectivity index (χ0v) is 10.2. The van der Waals surface area contributed by atoms with E-state index in [1.54, 1.807) is 0 Å². The summed E-state index contributed by atoms with van der Waals surface area (Å²) < 4.78 is 26.0. The van der Waals surface area contributed by atoms with Crippen LogP contribution in [0.25, 0.3) is 0 Å². The minimum Gasteiger partial charge on any atom is -0.481 e. The maximum atomic E-state index is 13.0. The minimum absolute atomic E-state index is 0.00384. The van der Waals surface area contributed by atoms with Crippen LogP contribution >= 0.6 is 0 Å². The van der Waals surface area contributed by atoms with Crippen molar-refractivity contribution in [2.45, 2.75) is 19.8 Å². The van der Waals surface area contributed by atoms with Crippen LogP contribution in [0.4, 0.5) is 8.78 Å². The third kappa shape index (κ3) is 4.41. The molecule has 0 radical (unpaired) electrons. The predicted molar refractivity (Wildman–Crippen MR) is 64.0 cm³/mol. The van der Waals surface area contributed by atoms with Gasteiger partial charge in [0, 0.05) is 12.6 Å². The number of carbonyl (C=O) groups is 1. The Morgan fingerprint density at radius 1 is 1.33 bits per heavy atom. The zero-order valence-electron chi connectivity index (χ0n) is 10.2. The van der Waals surface area contributed by atoms with Crippen LogP contribution in [0, 0.1) is 23.5 Å². The fourth-order valence-corrected chi connectivity index (χ4v) is 2.00. The Labute approximate surface area is 105 Å². The highest BCUT2D eigenvalue weighted by Crippen LogP contribution is 2.18. The second kappa shape index (κ2) is 6.44. The Morgan fingerprint density at radius 3 is 2.33 bits per heavy atom. The fourth-order valence-electron chi connectivity index (χ4n) is 2.00. The molecule has 3 nitrogen and oxygen atoms in total. The van der Waals surface area contributed by atoms with E-state index >= 15 is 0 Å². The van der Waals surface area contributed by atoms with E-state index in [9.17, 15) is 13.6 Å². The van der Waals surface area contributed by atoms with Crippen LogP contribution < -0.4 is 5.73 Å². The predicted octanol–water partition coefficient (Wildman–Crippen LogP) is 2.19. The fraction of sp³-hybridized carbons (Fsp3) is 0.462. The van der Waals surface area contributed by atoms with Crippen molar-refractivity contribution in [2.75, 3.05) is 6.54 Å². The molecule has 5 heteroatoms. The second-order valence-corrected chi connectivity index (χ2v) is 4.59. The first-order valence-electron chi connectivity index (χ1n) is 5.80. The minimum atomic E-state index is -0.935. The van der Waals surface area contributed by atoms with Gasteiger partial charge in [-0.1, -0.05) is 6.92 Å². The molecule has 0 aliphatic carbocycles. The van der Waals surface area contributed by atoms with Gasteiger partial charge in [0.2, 0.25) is 0 Å². The van der Waals surface area contributed by atoms with Crippen molar-refractivity contribution < 1.29 is 18.7 Å². The molecule has 1 aromatic rings. The number of carboxylic acids is 1. The molecule has 1 aromatic carbocycles. The van der Waals surface area contributed by atoms with E-state index in [-0.39, 0.29) is 12.5 Å². The summed E-state index contributed by atoms with van der Waals surface area (Å²) in [4.78, 5) is 10.8. The van der Waals surface area contributed by atoms with Gasteiger partial charge < -0.3 is 10.8 Å². The molecule has 0 fully saturated rings. The third-order valence-corrected chi connectivity index (χ3v) is 2.83. The van der Waals surface area contributed by atoms with Gasteiger partial charge in [-0.15, -0.1) is 0 Å². The van der Waals surface area contributed by atoms with Gasteiger partial charge in [0.25, 0.3) is 0 Å². The molecule has 2 unspecified atom stereocenters. The lowest BCUT2D eigenvalue weighted by Crippen LogP contribution is -2.25. The number of hydrogen-bond acceptors (Lipinski definition) is 2. The van der Waals surface area contributed by atoms with Gasteiger partial charge >= 0.3 is 5.97 Å². The summed E-state index contributed by atoms with van der Waals surface area (Å²) in [5, 5.41) is 8.88. The van der Waals surface area contributed by atoms with E-state index in [0.717, 1.165) is 6.07 Å². The Morgan fingerprint density at radius 2 is 1.89 bits per heavy atom. The molecule has 3 N–H and O–H groups in total. The molecule has 0 aliphatic heterocycles. The van der Waals surface area contributed by atoms with Crippen molar-refractivity contribution >= 4 is 5.97 Å². The second-order valence-electron chi connectivity index (χ2n) is 4.59. The first kappa shape index (κ1) is 14.6. The van der Waals surface area contributed by atoms with Crippen molar-refractivity contribution in [1.29, 1.82) is 0 Å². The summed E-state index contributed by atoms with van der Waals surface area (Å²) in [6.45, 7) is 1.91. The summed E-state index contributed by atoms with van der Waals surface area (Å²) in [7, 11) is 0. The lowest BCUT2D eigenvalue weighted by molar-refractivity contribution is -0.141. The number of nitrogens with two attached hydrogens (primary N) is 1. The quantitative estimate of drug-likeness (QED) is 0.821. The molecule has 0 bridgehead atoms. The van der Waals surface area contributed by atoms with E-state index < -0.39 is 23.5 Å². The smallest absolute Gasteiger partial charge is 0.307 e. The maximum Gasteiger partial charge on any atom is 0.307 e. The standard InChI is InChI=1S/C13H17F2NO2/c1-8(3-10(7-16)13(17)18)2-9-4-11(14)6-12(15)5-9/h4-6,8,10H,2-3,7,16H2,1H3,(H,17,18). The van der Waals surface area contributed by atoms with E-state index in [1.165, 1.54) is 12.1 Å². The lowest BCUT2D eigenvalue weighted by atomic mass is 9.91. The highest BCUT2D eigenvalue weighted by atomic mass is 19.1. The molecule has 0 heterocycles. The number of benzene rings is 1. The monoisotopic (exact) mass is 257 g/mol. The van der Waals surface area contributed by atoms with E-state index in [0.29, 0.717) is 18.4 Å². The highest BCUT2D eigenvalue weighted by molar-refractivity contribution is 5.70. The molecule has 18 heavy (non-hydrogen) atoms. The molecular formula is C13H17F2NO2. The first-order valence-corrected chi connectivity index (χ1v) is 5.80. The van der Waals surface area contributed by atoms with Crippen LogP contribution in [0.2, 0.25) is 0 Å². The number of carboxylic acid groups (broad SMARTS) is 1. The third-order valence-electron chi connectivity index (χ3n) is 2.83. The van der Waals surface area contributed by atoms with Crippen LogP contribution in [-0.4, -0.2) is 17.6 Å². The van der Waals surface area contributed by atoms with Crippen LogP contribution in [0.5, 0.6) is 0 Å². The van der Waals surface area contributed by atoms with E-state index in [1.807, 2.05) is 6.92 Å². The molecule has 1 rings (SSSR count). The largest absolute Gasteiger partial charge is 0.481 e.